The Balaban J connectivity index is 1.89. The molecule has 1 N–H and O–H groups in total. The van der Waals surface area contributed by atoms with E-state index in [1.165, 1.54) is 12.1 Å². The van der Waals surface area contributed by atoms with Gasteiger partial charge in [-0.15, -0.1) is 0 Å². The molecule has 1 aromatic rings. The van der Waals surface area contributed by atoms with Crippen molar-refractivity contribution < 1.29 is 28.6 Å². The number of benzene rings is 1. The van der Waals surface area contributed by atoms with Crippen molar-refractivity contribution in [1.29, 1.82) is 0 Å². The third-order valence-corrected chi connectivity index (χ3v) is 4.78. The molecule has 0 radical (unpaired) electrons. The smallest absolute Gasteiger partial charge is 0.334 e. The fourth-order valence-electron chi connectivity index (χ4n) is 3.40. The van der Waals surface area contributed by atoms with Gasteiger partial charge in [0.1, 0.15) is 5.82 Å². The van der Waals surface area contributed by atoms with Crippen molar-refractivity contribution in [3.63, 3.8) is 0 Å². The van der Waals surface area contributed by atoms with Crippen LogP contribution in [0.4, 0.5) is 4.39 Å². The Morgan fingerprint density at radius 3 is 2.46 bits per heavy atom. The summed E-state index contributed by atoms with van der Waals surface area (Å²) in [4.78, 5) is 26.0. The Kier molecular flexibility index (Phi) is 4.82. The number of halogens is 1. The van der Waals surface area contributed by atoms with Gasteiger partial charge in [-0.25, -0.2) is 9.18 Å². The number of aliphatic carboxylic acids is 1. The number of carbonyl (C=O) groups is 2. The first-order valence-electron chi connectivity index (χ1n) is 8.00. The molecule has 7 heteroatoms. The van der Waals surface area contributed by atoms with E-state index in [4.69, 9.17) is 14.6 Å². The number of carbonyl (C=O) groups excluding carboxylic acids is 1. The lowest BCUT2D eigenvalue weighted by Crippen LogP contribution is -2.56. The van der Waals surface area contributed by atoms with Gasteiger partial charge in [0, 0.05) is 19.8 Å². The number of morpholine rings is 1. The van der Waals surface area contributed by atoms with Crippen molar-refractivity contribution in [1.82, 2.24) is 4.90 Å². The molecule has 130 valence electrons. The molecule has 0 saturated carbocycles. The van der Waals surface area contributed by atoms with Crippen LogP contribution in [0.3, 0.4) is 0 Å². The Bertz CT molecular complexity index is 612. The van der Waals surface area contributed by atoms with Crippen LogP contribution in [0.5, 0.6) is 0 Å². The normalized spacial score (nSPS) is 23.7. The van der Waals surface area contributed by atoms with Gasteiger partial charge in [0.15, 0.2) is 6.10 Å². The van der Waals surface area contributed by atoms with Crippen molar-refractivity contribution in [2.45, 2.75) is 24.4 Å². The molecule has 2 heterocycles. The maximum absolute atomic E-state index is 13.3. The van der Waals surface area contributed by atoms with Crippen LogP contribution in [0.2, 0.25) is 0 Å². The Morgan fingerprint density at radius 1 is 1.17 bits per heavy atom. The lowest BCUT2D eigenvalue weighted by molar-refractivity contribution is -0.162. The van der Waals surface area contributed by atoms with E-state index in [-0.39, 0.29) is 24.9 Å². The van der Waals surface area contributed by atoms with Gasteiger partial charge < -0.3 is 19.5 Å². The Hall–Kier alpha value is -1.99. The van der Waals surface area contributed by atoms with Crippen LogP contribution in [-0.4, -0.2) is 60.9 Å². The van der Waals surface area contributed by atoms with Crippen LogP contribution < -0.4 is 0 Å². The van der Waals surface area contributed by atoms with Gasteiger partial charge >= 0.3 is 5.97 Å². The number of carboxylic acids is 1. The number of carboxylic acid groups (broad SMARTS) is 1. The summed E-state index contributed by atoms with van der Waals surface area (Å²) in [6, 6.07) is 5.96. The van der Waals surface area contributed by atoms with Crippen LogP contribution in [-0.2, 0) is 24.5 Å². The molecule has 0 aromatic heterocycles. The fraction of sp³-hybridized carbons (Fsp3) is 0.529. The standard InChI is InChI=1S/C17H20FNO5/c18-13-3-1-12(2-4-13)17(5-8-23-9-6-17)16(22)19-7-10-24-14(11-19)15(20)21/h1-4,14H,5-11H2,(H,20,21)/t14-/m0/s1. The topological polar surface area (TPSA) is 76.1 Å². The second-order valence-electron chi connectivity index (χ2n) is 6.15. The molecule has 1 aromatic carbocycles. The molecule has 3 rings (SSSR count). The summed E-state index contributed by atoms with van der Waals surface area (Å²) in [6.07, 6.45) is -0.0214. The van der Waals surface area contributed by atoms with E-state index in [1.807, 2.05) is 0 Å². The first kappa shape index (κ1) is 16.9. The van der Waals surface area contributed by atoms with Crippen LogP contribution in [0.25, 0.3) is 0 Å². The number of hydrogen-bond donors (Lipinski definition) is 1. The van der Waals surface area contributed by atoms with Gasteiger partial charge in [-0.2, -0.15) is 0 Å². The van der Waals surface area contributed by atoms with Gasteiger partial charge in [0.05, 0.1) is 18.6 Å². The number of rotatable bonds is 3. The molecule has 0 aliphatic carbocycles. The van der Waals surface area contributed by atoms with E-state index in [9.17, 15) is 14.0 Å². The second kappa shape index (κ2) is 6.86. The Morgan fingerprint density at radius 2 is 1.83 bits per heavy atom. The number of amides is 1. The van der Waals surface area contributed by atoms with Gasteiger partial charge in [-0.05, 0) is 30.5 Å². The van der Waals surface area contributed by atoms with Gasteiger partial charge in [-0.3, -0.25) is 4.79 Å². The van der Waals surface area contributed by atoms with Crippen molar-refractivity contribution in [2.24, 2.45) is 0 Å². The van der Waals surface area contributed by atoms with E-state index in [0.29, 0.717) is 32.6 Å². The minimum absolute atomic E-state index is 0.0258. The molecule has 0 unspecified atom stereocenters. The van der Waals surface area contributed by atoms with E-state index < -0.39 is 17.5 Å². The maximum Gasteiger partial charge on any atom is 0.334 e. The average Bonchev–Trinajstić information content (AvgIpc) is 2.62. The fourth-order valence-corrected chi connectivity index (χ4v) is 3.40. The minimum atomic E-state index is -1.07. The van der Waals surface area contributed by atoms with Crippen LogP contribution in [0, 0.1) is 5.82 Å². The molecule has 1 amide bonds. The highest BCUT2D eigenvalue weighted by Gasteiger charge is 2.45. The first-order chi connectivity index (χ1) is 11.5. The molecular weight excluding hydrogens is 317 g/mol. The van der Waals surface area contributed by atoms with E-state index >= 15 is 0 Å². The van der Waals surface area contributed by atoms with Gasteiger partial charge in [-0.1, -0.05) is 12.1 Å². The number of nitrogens with zero attached hydrogens (tertiary/aromatic N) is 1. The predicted molar refractivity (Wildman–Crippen MR) is 82.1 cm³/mol. The highest BCUT2D eigenvalue weighted by molar-refractivity contribution is 5.89. The molecule has 2 fully saturated rings. The maximum atomic E-state index is 13.3. The van der Waals surface area contributed by atoms with Crippen molar-refractivity contribution in [3.8, 4) is 0 Å². The largest absolute Gasteiger partial charge is 0.479 e. The first-order valence-corrected chi connectivity index (χ1v) is 8.00. The monoisotopic (exact) mass is 337 g/mol. The summed E-state index contributed by atoms with van der Waals surface area (Å²) in [5.41, 5.74) is -0.0534. The zero-order valence-corrected chi connectivity index (χ0v) is 13.2. The van der Waals surface area contributed by atoms with Crippen molar-refractivity contribution in [2.75, 3.05) is 32.9 Å². The van der Waals surface area contributed by atoms with E-state index in [1.54, 1.807) is 17.0 Å². The zero-order chi connectivity index (χ0) is 17.2. The molecule has 2 aliphatic rings. The summed E-state index contributed by atoms with van der Waals surface area (Å²) in [5, 5.41) is 9.14. The average molecular weight is 337 g/mol. The molecule has 2 saturated heterocycles. The molecule has 24 heavy (non-hydrogen) atoms. The predicted octanol–water partition coefficient (Wildman–Crippen LogP) is 1.19. The third-order valence-electron chi connectivity index (χ3n) is 4.78. The molecular formula is C17H20FNO5. The summed E-state index contributed by atoms with van der Waals surface area (Å²) in [7, 11) is 0. The quantitative estimate of drug-likeness (QED) is 0.896. The van der Waals surface area contributed by atoms with Crippen LogP contribution >= 0.6 is 0 Å². The summed E-state index contributed by atoms with van der Waals surface area (Å²) in [5.74, 6) is -1.56. The lowest BCUT2D eigenvalue weighted by atomic mass is 9.73. The van der Waals surface area contributed by atoms with Gasteiger partial charge in [0.25, 0.3) is 0 Å². The van der Waals surface area contributed by atoms with Crippen LogP contribution in [0.1, 0.15) is 18.4 Å². The highest BCUT2D eigenvalue weighted by atomic mass is 19.1. The number of hydrogen-bond acceptors (Lipinski definition) is 4. The SMILES string of the molecule is O=C(O)[C@@H]1CN(C(=O)C2(c3ccc(F)cc3)CCOCC2)CCO1. The molecule has 0 spiro atoms. The second-order valence-corrected chi connectivity index (χ2v) is 6.15. The molecule has 6 nitrogen and oxygen atoms in total. The third kappa shape index (κ3) is 3.14. The highest BCUT2D eigenvalue weighted by Crippen LogP contribution is 2.37. The minimum Gasteiger partial charge on any atom is -0.479 e. The summed E-state index contributed by atoms with van der Waals surface area (Å²) >= 11 is 0. The molecule has 0 bridgehead atoms. The Labute approximate surface area is 139 Å². The zero-order valence-electron chi connectivity index (χ0n) is 13.2. The van der Waals surface area contributed by atoms with Crippen LogP contribution in [0.15, 0.2) is 24.3 Å². The van der Waals surface area contributed by atoms with E-state index in [2.05, 4.69) is 0 Å². The molecule has 1 atom stereocenters. The van der Waals surface area contributed by atoms with Crippen molar-refractivity contribution in [3.05, 3.63) is 35.6 Å². The summed E-state index contributed by atoms with van der Waals surface area (Å²) < 4.78 is 23.9. The number of ether oxygens (including phenoxy) is 2. The van der Waals surface area contributed by atoms with E-state index in [0.717, 1.165) is 5.56 Å². The van der Waals surface area contributed by atoms with Gasteiger partial charge in [0.2, 0.25) is 5.91 Å². The van der Waals surface area contributed by atoms with Crippen molar-refractivity contribution >= 4 is 11.9 Å². The molecule has 2 aliphatic heterocycles. The lowest BCUT2D eigenvalue weighted by Gasteiger charge is -2.42. The summed E-state index contributed by atoms with van der Waals surface area (Å²) in [6.45, 7) is 1.45.